The van der Waals surface area contributed by atoms with Crippen LogP contribution in [0.5, 0.6) is 0 Å². The average molecular weight is 258 g/mol. The third kappa shape index (κ3) is 1.85. The molecule has 0 fully saturated rings. The van der Waals surface area contributed by atoms with Crippen LogP contribution in [0.15, 0.2) is 29.0 Å². The number of anilines is 1. The highest BCUT2D eigenvalue weighted by Gasteiger charge is 2.35. The van der Waals surface area contributed by atoms with Crippen LogP contribution in [0.4, 0.5) is 5.69 Å². The maximum Gasteiger partial charge on any atom is 0.261 e. The van der Waals surface area contributed by atoms with E-state index in [2.05, 4.69) is 10.1 Å². The number of hydrogen-bond donors (Lipinski definition) is 1. The Hall–Kier alpha value is -2.70. The van der Waals surface area contributed by atoms with Gasteiger partial charge in [-0.1, -0.05) is 5.16 Å². The van der Waals surface area contributed by atoms with Crippen molar-refractivity contribution >= 4 is 17.5 Å². The second-order valence-corrected chi connectivity index (χ2v) is 4.15. The molecule has 2 amide bonds. The van der Waals surface area contributed by atoms with E-state index in [0.717, 1.165) is 4.90 Å². The van der Waals surface area contributed by atoms with E-state index < -0.39 is 0 Å². The SMILES string of the molecule is Nc1ccc2c(c1)C(=O)N(CCc1ncno1)C2=O. The van der Waals surface area contributed by atoms with Crippen LogP contribution in [-0.4, -0.2) is 33.4 Å². The molecule has 0 atom stereocenters. The number of carbonyl (C=O) groups is 2. The summed E-state index contributed by atoms with van der Waals surface area (Å²) in [4.78, 5) is 29.2. The Labute approximate surface area is 108 Å². The topological polar surface area (TPSA) is 102 Å². The van der Waals surface area contributed by atoms with Crippen molar-refractivity contribution in [1.82, 2.24) is 15.0 Å². The summed E-state index contributed by atoms with van der Waals surface area (Å²) in [6.45, 7) is 0.203. The molecule has 0 radical (unpaired) electrons. The van der Waals surface area contributed by atoms with Crippen LogP contribution in [0.3, 0.4) is 0 Å². The van der Waals surface area contributed by atoms with Gasteiger partial charge in [-0.25, -0.2) is 0 Å². The number of carbonyl (C=O) groups excluding carboxylic acids is 2. The van der Waals surface area contributed by atoms with Crippen molar-refractivity contribution in [3.8, 4) is 0 Å². The molecule has 7 heteroatoms. The van der Waals surface area contributed by atoms with Crippen molar-refractivity contribution in [3.05, 3.63) is 41.5 Å². The first-order chi connectivity index (χ1) is 9.16. The Morgan fingerprint density at radius 3 is 2.74 bits per heavy atom. The van der Waals surface area contributed by atoms with Crippen LogP contribution in [0, 0.1) is 0 Å². The molecule has 96 valence electrons. The number of benzene rings is 1. The Bertz CT molecular complexity index is 651. The molecular weight excluding hydrogens is 248 g/mol. The van der Waals surface area contributed by atoms with Gasteiger partial charge < -0.3 is 10.3 Å². The third-order valence-corrected chi connectivity index (χ3v) is 2.95. The highest BCUT2D eigenvalue weighted by molar-refractivity contribution is 6.21. The van der Waals surface area contributed by atoms with E-state index in [-0.39, 0.29) is 18.4 Å². The minimum Gasteiger partial charge on any atom is -0.399 e. The van der Waals surface area contributed by atoms with E-state index in [1.807, 2.05) is 0 Å². The molecule has 2 aromatic rings. The number of imide groups is 1. The normalized spacial score (nSPS) is 14.0. The number of fused-ring (bicyclic) bond motifs is 1. The predicted octanol–water partition coefficient (Wildman–Crippen LogP) is 0.491. The molecule has 2 heterocycles. The lowest BCUT2D eigenvalue weighted by Crippen LogP contribution is -2.31. The molecule has 1 aliphatic heterocycles. The van der Waals surface area contributed by atoms with Crippen LogP contribution in [0.25, 0.3) is 0 Å². The maximum atomic E-state index is 12.1. The molecule has 7 nitrogen and oxygen atoms in total. The van der Waals surface area contributed by atoms with Gasteiger partial charge in [-0.2, -0.15) is 4.98 Å². The van der Waals surface area contributed by atoms with Crippen LogP contribution >= 0.6 is 0 Å². The van der Waals surface area contributed by atoms with E-state index in [1.54, 1.807) is 12.1 Å². The van der Waals surface area contributed by atoms with Crippen LogP contribution < -0.4 is 5.73 Å². The Morgan fingerprint density at radius 1 is 1.21 bits per heavy atom. The first-order valence-electron chi connectivity index (χ1n) is 5.68. The molecule has 0 aliphatic carbocycles. The molecule has 0 saturated heterocycles. The summed E-state index contributed by atoms with van der Waals surface area (Å²) in [5, 5.41) is 3.47. The van der Waals surface area contributed by atoms with Crippen LogP contribution in [-0.2, 0) is 6.42 Å². The molecule has 0 unspecified atom stereocenters. The zero-order valence-corrected chi connectivity index (χ0v) is 9.87. The second kappa shape index (κ2) is 4.20. The lowest BCUT2D eigenvalue weighted by atomic mass is 10.1. The zero-order chi connectivity index (χ0) is 13.4. The number of hydrogen-bond acceptors (Lipinski definition) is 6. The van der Waals surface area contributed by atoms with E-state index in [4.69, 9.17) is 10.3 Å². The molecule has 19 heavy (non-hydrogen) atoms. The maximum absolute atomic E-state index is 12.1. The highest BCUT2D eigenvalue weighted by Crippen LogP contribution is 2.24. The van der Waals surface area contributed by atoms with Gasteiger partial charge in [-0.15, -0.1) is 0 Å². The van der Waals surface area contributed by atoms with Crippen LogP contribution in [0.2, 0.25) is 0 Å². The number of nitrogen functional groups attached to an aromatic ring is 1. The third-order valence-electron chi connectivity index (χ3n) is 2.95. The van der Waals surface area contributed by atoms with E-state index in [0.29, 0.717) is 29.1 Å². The standard InChI is InChI=1S/C12H10N4O3/c13-7-1-2-8-9(5-7)12(18)16(11(8)17)4-3-10-14-6-15-19-10/h1-2,5-6H,3-4,13H2. The largest absolute Gasteiger partial charge is 0.399 e. The summed E-state index contributed by atoms with van der Waals surface area (Å²) in [6, 6.07) is 4.69. The van der Waals surface area contributed by atoms with Crippen molar-refractivity contribution in [3.63, 3.8) is 0 Å². The molecule has 0 spiro atoms. The molecule has 1 aliphatic rings. The Balaban J connectivity index is 1.82. The zero-order valence-electron chi connectivity index (χ0n) is 9.87. The van der Waals surface area contributed by atoms with Crippen molar-refractivity contribution in [1.29, 1.82) is 0 Å². The summed E-state index contributed by atoms with van der Waals surface area (Å²) in [6.07, 6.45) is 1.61. The van der Waals surface area contributed by atoms with Gasteiger partial charge in [0.15, 0.2) is 6.33 Å². The van der Waals surface area contributed by atoms with Gasteiger partial charge in [0, 0.05) is 18.7 Å². The minimum absolute atomic E-state index is 0.203. The van der Waals surface area contributed by atoms with E-state index >= 15 is 0 Å². The number of nitrogens with two attached hydrogens (primary N) is 1. The fourth-order valence-electron chi connectivity index (χ4n) is 2.03. The van der Waals surface area contributed by atoms with Gasteiger partial charge in [0.25, 0.3) is 11.8 Å². The Morgan fingerprint density at radius 2 is 2.00 bits per heavy atom. The smallest absolute Gasteiger partial charge is 0.261 e. The summed E-state index contributed by atoms with van der Waals surface area (Å²) >= 11 is 0. The summed E-state index contributed by atoms with van der Waals surface area (Å²) in [7, 11) is 0. The predicted molar refractivity (Wildman–Crippen MR) is 64.2 cm³/mol. The van der Waals surface area contributed by atoms with Crippen molar-refractivity contribution in [2.45, 2.75) is 6.42 Å². The van der Waals surface area contributed by atoms with Gasteiger partial charge in [0.1, 0.15) is 0 Å². The number of amides is 2. The van der Waals surface area contributed by atoms with Crippen LogP contribution in [0.1, 0.15) is 26.6 Å². The Kier molecular flexibility index (Phi) is 2.52. The van der Waals surface area contributed by atoms with Gasteiger partial charge in [-0.05, 0) is 18.2 Å². The average Bonchev–Trinajstić information content (AvgIpc) is 2.98. The molecule has 1 aromatic carbocycles. The number of rotatable bonds is 3. The van der Waals surface area contributed by atoms with E-state index in [1.165, 1.54) is 12.4 Å². The summed E-state index contributed by atoms with van der Waals surface area (Å²) < 4.78 is 4.83. The molecule has 0 bridgehead atoms. The monoisotopic (exact) mass is 258 g/mol. The van der Waals surface area contributed by atoms with Crippen molar-refractivity contribution < 1.29 is 14.1 Å². The first-order valence-corrected chi connectivity index (χ1v) is 5.68. The fraction of sp³-hybridized carbons (Fsp3) is 0.167. The minimum atomic E-state index is -0.341. The quantitative estimate of drug-likeness (QED) is 0.635. The van der Waals surface area contributed by atoms with Crippen molar-refractivity contribution in [2.75, 3.05) is 12.3 Å². The number of aromatic nitrogens is 2. The second-order valence-electron chi connectivity index (χ2n) is 4.15. The van der Waals surface area contributed by atoms with Gasteiger partial charge in [0.05, 0.1) is 11.1 Å². The molecule has 3 rings (SSSR count). The summed E-state index contributed by atoms with van der Waals surface area (Å²) in [5.41, 5.74) is 6.80. The number of nitrogens with zero attached hydrogens (tertiary/aromatic N) is 3. The van der Waals surface area contributed by atoms with Gasteiger partial charge in [-0.3, -0.25) is 14.5 Å². The molecule has 1 aromatic heterocycles. The summed E-state index contributed by atoms with van der Waals surface area (Å²) in [5.74, 6) is -0.276. The lowest BCUT2D eigenvalue weighted by Gasteiger charge is -2.11. The fourth-order valence-corrected chi connectivity index (χ4v) is 2.03. The lowest BCUT2D eigenvalue weighted by molar-refractivity contribution is 0.0653. The van der Waals surface area contributed by atoms with Gasteiger partial charge in [0.2, 0.25) is 5.89 Å². The molecular formula is C12H10N4O3. The molecule has 2 N–H and O–H groups in total. The first kappa shape index (κ1) is 11.4. The van der Waals surface area contributed by atoms with E-state index in [9.17, 15) is 9.59 Å². The van der Waals surface area contributed by atoms with Crippen molar-refractivity contribution in [2.24, 2.45) is 0 Å². The molecule has 0 saturated carbocycles. The van der Waals surface area contributed by atoms with Gasteiger partial charge >= 0.3 is 0 Å². The highest BCUT2D eigenvalue weighted by atomic mass is 16.5.